The molecule has 1 fully saturated rings. The zero-order chi connectivity index (χ0) is 11.9. The Morgan fingerprint density at radius 1 is 1.44 bits per heavy atom. The maximum Gasteiger partial charge on any atom is 0.102 e. The monoisotopic (exact) mass is 231 g/mol. The van der Waals surface area contributed by atoms with Gasteiger partial charge in [-0.25, -0.2) is 0 Å². The average molecular weight is 231 g/mol. The molecular formula is C12H25NO3. The van der Waals surface area contributed by atoms with Gasteiger partial charge in [-0.15, -0.1) is 0 Å². The Morgan fingerprint density at radius 2 is 2.25 bits per heavy atom. The number of rotatable bonds is 8. The summed E-state index contributed by atoms with van der Waals surface area (Å²) in [5, 5.41) is 13.1. The van der Waals surface area contributed by atoms with Gasteiger partial charge in [0.2, 0.25) is 0 Å². The van der Waals surface area contributed by atoms with Gasteiger partial charge < -0.3 is 19.9 Å². The standard InChI is InChI=1S/C12H25NO3/c1-11(2)3-6-15-8-5-13-9-12(14)4-7-16-10-12/h11,13-14H,3-10H2,1-2H3. The molecule has 0 bridgehead atoms. The van der Waals surface area contributed by atoms with Crippen molar-refractivity contribution in [3.05, 3.63) is 0 Å². The van der Waals surface area contributed by atoms with Gasteiger partial charge in [-0.2, -0.15) is 0 Å². The lowest BCUT2D eigenvalue weighted by molar-refractivity contribution is 0.0250. The fourth-order valence-electron chi connectivity index (χ4n) is 1.62. The lowest BCUT2D eigenvalue weighted by Crippen LogP contribution is -2.42. The van der Waals surface area contributed by atoms with Crippen LogP contribution in [0.1, 0.15) is 26.7 Å². The van der Waals surface area contributed by atoms with E-state index in [1.165, 1.54) is 0 Å². The lowest BCUT2D eigenvalue weighted by atomic mass is 10.0. The molecular weight excluding hydrogens is 206 g/mol. The zero-order valence-corrected chi connectivity index (χ0v) is 10.5. The van der Waals surface area contributed by atoms with Crippen molar-refractivity contribution in [2.24, 2.45) is 5.92 Å². The molecule has 0 spiro atoms. The van der Waals surface area contributed by atoms with Crippen molar-refractivity contribution >= 4 is 0 Å². The van der Waals surface area contributed by atoms with Gasteiger partial charge >= 0.3 is 0 Å². The van der Waals surface area contributed by atoms with Crippen molar-refractivity contribution in [3.63, 3.8) is 0 Å². The quantitative estimate of drug-likeness (QED) is 0.606. The fraction of sp³-hybridized carbons (Fsp3) is 1.00. The maximum atomic E-state index is 9.94. The van der Waals surface area contributed by atoms with Crippen LogP contribution >= 0.6 is 0 Å². The third kappa shape index (κ3) is 5.80. The summed E-state index contributed by atoms with van der Waals surface area (Å²) in [5.41, 5.74) is -0.655. The highest BCUT2D eigenvalue weighted by Crippen LogP contribution is 2.16. The molecule has 1 heterocycles. The van der Waals surface area contributed by atoms with Crippen LogP contribution < -0.4 is 5.32 Å². The molecule has 4 nitrogen and oxygen atoms in total. The first-order valence-electron chi connectivity index (χ1n) is 6.21. The van der Waals surface area contributed by atoms with Crippen LogP contribution in [0.2, 0.25) is 0 Å². The zero-order valence-electron chi connectivity index (χ0n) is 10.5. The van der Waals surface area contributed by atoms with Crippen LogP contribution in [-0.2, 0) is 9.47 Å². The summed E-state index contributed by atoms with van der Waals surface area (Å²) in [7, 11) is 0. The molecule has 2 N–H and O–H groups in total. The molecule has 1 saturated heterocycles. The molecule has 4 heteroatoms. The second kappa shape index (κ2) is 7.22. The van der Waals surface area contributed by atoms with Crippen LogP contribution in [0.4, 0.5) is 0 Å². The Morgan fingerprint density at radius 3 is 2.88 bits per heavy atom. The van der Waals surface area contributed by atoms with Crippen LogP contribution in [-0.4, -0.2) is 50.2 Å². The molecule has 1 aliphatic rings. The van der Waals surface area contributed by atoms with E-state index in [2.05, 4.69) is 19.2 Å². The highest BCUT2D eigenvalue weighted by Gasteiger charge is 2.31. The topological polar surface area (TPSA) is 50.7 Å². The first-order valence-corrected chi connectivity index (χ1v) is 6.21. The minimum Gasteiger partial charge on any atom is -0.386 e. The van der Waals surface area contributed by atoms with Gasteiger partial charge in [-0.05, 0) is 12.3 Å². The summed E-state index contributed by atoms with van der Waals surface area (Å²) < 4.78 is 10.6. The number of nitrogens with one attached hydrogen (secondary N) is 1. The van der Waals surface area contributed by atoms with E-state index in [0.29, 0.717) is 32.3 Å². The number of ether oxygens (including phenoxy) is 2. The summed E-state index contributed by atoms with van der Waals surface area (Å²) in [6.07, 6.45) is 1.84. The van der Waals surface area contributed by atoms with Crippen molar-refractivity contribution in [1.29, 1.82) is 0 Å². The molecule has 1 atom stereocenters. The van der Waals surface area contributed by atoms with Crippen molar-refractivity contribution < 1.29 is 14.6 Å². The number of aliphatic hydroxyl groups is 1. The number of hydrogen-bond acceptors (Lipinski definition) is 4. The Labute approximate surface area is 98.3 Å². The van der Waals surface area contributed by atoms with Gasteiger partial charge in [-0.3, -0.25) is 0 Å². The Bertz CT molecular complexity index is 179. The van der Waals surface area contributed by atoms with Crippen molar-refractivity contribution in [3.8, 4) is 0 Å². The number of hydrogen-bond donors (Lipinski definition) is 2. The SMILES string of the molecule is CC(C)CCOCCNCC1(O)CCOC1. The summed E-state index contributed by atoms with van der Waals surface area (Å²) in [4.78, 5) is 0. The Balaban J connectivity index is 1.88. The van der Waals surface area contributed by atoms with Crippen LogP contribution in [0, 0.1) is 5.92 Å². The van der Waals surface area contributed by atoms with Crippen molar-refractivity contribution in [1.82, 2.24) is 5.32 Å². The molecule has 1 rings (SSSR count). The molecule has 1 unspecified atom stereocenters. The summed E-state index contributed by atoms with van der Waals surface area (Å²) in [5.74, 6) is 0.698. The molecule has 0 amide bonds. The second-order valence-corrected chi connectivity index (χ2v) is 5.00. The predicted molar refractivity (Wildman–Crippen MR) is 63.5 cm³/mol. The van der Waals surface area contributed by atoms with E-state index in [1.807, 2.05) is 0 Å². The predicted octanol–water partition coefficient (Wildman–Crippen LogP) is 0.790. The highest BCUT2D eigenvalue weighted by atomic mass is 16.5. The van der Waals surface area contributed by atoms with Crippen LogP contribution in [0.15, 0.2) is 0 Å². The fourth-order valence-corrected chi connectivity index (χ4v) is 1.62. The maximum absolute atomic E-state index is 9.94. The molecule has 0 aliphatic carbocycles. The molecule has 0 aromatic heterocycles. The van der Waals surface area contributed by atoms with E-state index in [-0.39, 0.29) is 0 Å². The lowest BCUT2D eigenvalue weighted by Gasteiger charge is -2.20. The van der Waals surface area contributed by atoms with E-state index in [0.717, 1.165) is 26.0 Å². The van der Waals surface area contributed by atoms with Gasteiger partial charge in [0.15, 0.2) is 0 Å². The largest absolute Gasteiger partial charge is 0.386 e. The summed E-state index contributed by atoms with van der Waals surface area (Å²) >= 11 is 0. The van der Waals surface area contributed by atoms with Gasteiger partial charge in [0.25, 0.3) is 0 Å². The molecule has 0 radical (unpaired) electrons. The molecule has 96 valence electrons. The molecule has 0 aromatic rings. The van der Waals surface area contributed by atoms with E-state index in [9.17, 15) is 5.11 Å². The molecule has 0 aromatic carbocycles. The minimum atomic E-state index is -0.655. The third-order valence-corrected chi connectivity index (χ3v) is 2.80. The van der Waals surface area contributed by atoms with E-state index in [1.54, 1.807) is 0 Å². The minimum absolute atomic E-state index is 0.453. The van der Waals surface area contributed by atoms with Gasteiger partial charge in [0, 0.05) is 32.7 Å². The van der Waals surface area contributed by atoms with Crippen LogP contribution in [0.3, 0.4) is 0 Å². The molecule has 0 saturated carbocycles. The van der Waals surface area contributed by atoms with E-state index < -0.39 is 5.60 Å². The molecule has 1 aliphatic heterocycles. The smallest absolute Gasteiger partial charge is 0.102 e. The summed E-state index contributed by atoms with van der Waals surface area (Å²) in [6.45, 7) is 8.43. The Hall–Kier alpha value is -0.160. The van der Waals surface area contributed by atoms with E-state index >= 15 is 0 Å². The van der Waals surface area contributed by atoms with Crippen molar-refractivity contribution in [2.75, 3.05) is 39.5 Å². The first-order chi connectivity index (χ1) is 7.62. The van der Waals surface area contributed by atoms with Gasteiger partial charge in [0.05, 0.1) is 13.2 Å². The highest BCUT2D eigenvalue weighted by molar-refractivity contribution is 4.84. The van der Waals surface area contributed by atoms with Gasteiger partial charge in [-0.1, -0.05) is 13.8 Å². The second-order valence-electron chi connectivity index (χ2n) is 5.00. The normalized spacial score (nSPS) is 25.5. The van der Waals surface area contributed by atoms with Crippen molar-refractivity contribution in [2.45, 2.75) is 32.3 Å². The van der Waals surface area contributed by atoms with E-state index in [4.69, 9.17) is 9.47 Å². The first kappa shape index (κ1) is 13.9. The third-order valence-electron chi connectivity index (χ3n) is 2.80. The van der Waals surface area contributed by atoms with Crippen LogP contribution in [0.5, 0.6) is 0 Å². The average Bonchev–Trinajstić information content (AvgIpc) is 2.64. The summed E-state index contributed by atoms with van der Waals surface area (Å²) in [6, 6.07) is 0. The van der Waals surface area contributed by atoms with Crippen LogP contribution in [0.25, 0.3) is 0 Å². The Kier molecular flexibility index (Phi) is 6.28. The molecule has 16 heavy (non-hydrogen) atoms. The van der Waals surface area contributed by atoms with Gasteiger partial charge in [0.1, 0.15) is 5.60 Å².